The van der Waals surface area contributed by atoms with Crippen LogP contribution in [0.3, 0.4) is 0 Å². The fourth-order valence-electron chi connectivity index (χ4n) is 4.44. The van der Waals surface area contributed by atoms with Crippen LogP contribution in [0.5, 0.6) is 11.5 Å². The lowest BCUT2D eigenvalue weighted by Crippen LogP contribution is -2.28. The third-order valence-corrected chi connectivity index (χ3v) is 5.89. The summed E-state index contributed by atoms with van der Waals surface area (Å²) in [6.07, 6.45) is 4.54. The maximum atomic E-state index is 12.7. The Morgan fingerprint density at radius 1 is 1.29 bits per heavy atom. The molecule has 1 N–H and O–H groups in total. The molecule has 4 rings (SSSR count). The third kappa shape index (κ3) is 3.31. The van der Waals surface area contributed by atoms with E-state index in [1.165, 1.54) is 20.1 Å². The van der Waals surface area contributed by atoms with Crippen molar-refractivity contribution in [3.8, 4) is 11.5 Å². The number of carboxylic acid groups (broad SMARTS) is 1. The van der Waals surface area contributed by atoms with Crippen molar-refractivity contribution in [1.29, 1.82) is 0 Å². The van der Waals surface area contributed by atoms with Crippen LogP contribution in [-0.2, 0) is 14.4 Å². The molecule has 2 aliphatic carbocycles. The van der Waals surface area contributed by atoms with Gasteiger partial charge in [-0.3, -0.25) is 19.7 Å². The number of benzene rings is 1. The number of ether oxygens (including phenoxy) is 2. The van der Waals surface area contributed by atoms with E-state index in [0.29, 0.717) is 0 Å². The number of carboxylic acids is 1. The van der Waals surface area contributed by atoms with Gasteiger partial charge in [-0.15, -0.1) is 0 Å². The van der Waals surface area contributed by atoms with Crippen LogP contribution in [0.25, 0.3) is 0 Å². The van der Waals surface area contributed by atoms with E-state index in [1.54, 1.807) is 0 Å². The lowest BCUT2D eigenvalue weighted by atomic mass is 9.85. The minimum absolute atomic E-state index is 0.0421. The average molecular weight is 429 g/mol. The van der Waals surface area contributed by atoms with Crippen LogP contribution in [0.15, 0.2) is 29.4 Å². The van der Waals surface area contributed by atoms with E-state index in [0.717, 1.165) is 23.7 Å². The number of carbonyl (C=O) groups excluding carboxylic acids is 2. The number of carbonyl (C=O) groups is 3. The highest BCUT2D eigenvalue weighted by molar-refractivity contribution is 6.06. The second-order valence-electron chi connectivity index (χ2n) is 7.66. The molecule has 5 atom stereocenters. The molecule has 0 radical (unpaired) electrons. The number of amides is 2. The van der Waals surface area contributed by atoms with Crippen molar-refractivity contribution >= 4 is 29.7 Å². The number of nitro groups is 1. The average Bonchev–Trinajstić information content (AvgIpc) is 3.41. The van der Waals surface area contributed by atoms with Gasteiger partial charge in [0.2, 0.25) is 5.75 Å². The van der Waals surface area contributed by atoms with E-state index in [4.69, 9.17) is 14.6 Å². The zero-order chi connectivity index (χ0) is 22.4. The lowest BCUT2D eigenvalue weighted by molar-refractivity contribution is -0.386. The van der Waals surface area contributed by atoms with E-state index >= 15 is 0 Å². The molecule has 2 amide bonds. The first-order valence-corrected chi connectivity index (χ1v) is 9.59. The van der Waals surface area contributed by atoms with Crippen molar-refractivity contribution in [2.45, 2.75) is 19.4 Å². The van der Waals surface area contributed by atoms with Gasteiger partial charge in [0, 0.05) is 11.6 Å². The largest absolute Gasteiger partial charge is 0.493 e. The van der Waals surface area contributed by atoms with E-state index in [9.17, 15) is 24.5 Å². The molecule has 1 heterocycles. The van der Waals surface area contributed by atoms with Gasteiger partial charge in [-0.1, -0.05) is 12.2 Å². The number of allylic oxidation sites excluding steroid dienone is 2. The summed E-state index contributed by atoms with van der Waals surface area (Å²) in [7, 11) is 1.25. The van der Waals surface area contributed by atoms with Gasteiger partial charge >= 0.3 is 11.7 Å². The molecule has 1 aliphatic heterocycles. The zero-order valence-electron chi connectivity index (χ0n) is 16.6. The molecule has 2 fully saturated rings. The van der Waals surface area contributed by atoms with Crippen LogP contribution in [0.1, 0.15) is 18.9 Å². The zero-order valence-corrected chi connectivity index (χ0v) is 16.6. The molecular weight excluding hydrogens is 410 g/mol. The number of hydrogen-bond acceptors (Lipinski definition) is 8. The van der Waals surface area contributed by atoms with Crippen LogP contribution in [0.4, 0.5) is 5.69 Å². The van der Waals surface area contributed by atoms with Gasteiger partial charge in [-0.05, 0) is 31.2 Å². The molecule has 11 nitrogen and oxygen atoms in total. The van der Waals surface area contributed by atoms with Crippen molar-refractivity contribution in [3.63, 3.8) is 0 Å². The third-order valence-electron chi connectivity index (χ3n) is 5.89. The van der Waals surface area contributed by atoms with Crippen LogP contribution in [-0.4, -0.2) is 52.3 Å². The molecular formula is C20H19N3O8. The van der Waals surface area contributed by atoms with Gasteiger partial charge in [0.05, 0.1) is 30.1 Å². The number of hydrogen-bond donors (Lipinski definition) is 1. The molecule has 0 unspecified atom stereocenters. The summed E-state index contributed by atoms with van der Waals surface area (Å²) in [5.41, 5.74) is -0.357. The van der Waals surface area contributed by atoms with Crippen molar-refractivity contribution in [1.82, 2.24) is 5.01 Å². The molecule has 1 aromatic carbocycles. The number of methoxy groups -OCH3 is 1. The Labute approximate surface area is 176 Å². The van der Waals surface area contributed by atoms with Gasteiger partial charge in [0.25, 0.3) is 11.8 Å². The monoisotopic (exact) mass is 429 g/mol. The van der Waals surface area contributed by atoms with Gasteiger partial charge in [0.15, 0.2) is 11.9 Å². The van der Waals surface area contributed by atoms with Gasteiger partial charge < -0.3 is 14.6 Å². The van der Waals surface area contributed by atoms with Gasteiger partial charge in [-0.2, -0.15) is 10.1 Å². The minimum atomic E-state index is -1.35. The topological polar surface area (TPSA) is 149 Å². The van der Waals surface area contributed by atoms with Crippen LogP contribution >= 0.6 is 0 Å². The second-order valence-corrected chi connectivity index (χ2v) is 7.66. The molecule has 2 bridgehead atoms. The summed E-state index contributed by atoms with van der Waals surface area (Å²) >= 11 is 0. The number of nitrogens with zero attached hydrogens (tertiary/aromatic N) is 3. The molecule has 0 aromatic heterocycles. The van der Waals surface area contributed by atoms with Gasteiger partial charge in [0.1, 0.15) is 0 Å². The molecule has 0 spiro atoms. The summed E-state index contributed by atoms with van der Waals surface area (Å²) in [6, 6.07) is 2.45. The SMILES string of the molecule is COc1cc(C=NN2C(=O)[C@@H]3[C@H](C2=O)[C@H]2C=C[C@H]3C2)cc([N+](=O)[O-])c1O[C@H](C)C(=O)O. The van der Waals surface area contributed by atoms with Crippen LogP contribution in [0, 0.1) is 33.8 Å². The van der Waals surface area contributed by atoms with Crippen molar-refractivity contribution in [2.24, 2.45) is 28.8 Å². The fourth-order valence-corrected chi connectivity index (χ4v) is 4.44. The molecule has 1 aromatic rings. The second kappa shape index (κ2) is 7.49. The summed E-state index contributed by atoms with van der Waals surface area (Å²) in [5.74, 6) is -3.21. The molecule has 1 saturated carbocycles. The first-order chi connectivity index (χ1) is 14.7. The van der Waals surface area contributed by atoms with Crippen molar-refractivity contribution < 1.29 is 33.9 Å². The number of hydrazone groups is 1. The predicted molar refractivity (Wildman–Crippen MR) is 105 cm³/mol. The summed E-state index contributed by atoms with van der Waals surface area (Å²) < 4.78 is 10.3. The first kappa shape index (κ1) is 20.5. The Morgan fingerprint density at radius 3 is 2.42 bits per heavy atom. The Kier molecular flexibility index (Phi) is 4.96. The van der Waals surface area contributed by atoms with E-state index < -0.39 is 34.5 Å². The Hall–Kier alpha value is -3.76. The maximum Gasteiger partial charge on any atom is 0.344 e. The maximum absolute atomic E-state index is 12.7. The normalized spacial score (nSPS) is 27.1. The van der Waals surface area contributed by atoms with E-state index in [1.807, 2.05) is 12.2 Å². The molecule has 31 heavy (non-hydrogen) atoms. The number of rotatable bonds is 7. The minimum Gasteiger partial charge on any atom is -0.493 e. The fraction of sp³-hybridized carbons (Fsp3) is 0.400. The molecule has 1 saturated heterocycles. The Morgan fingerprint density at radius 2 is 1.90 bits per heavy atom. The van der Waals surface area contributed by atoms with Crippen LogP contribution in [0.2, 0.25) is 0 Å². The summed E-state index contributed by atoms with van der Waals surface area (Å²) in [4.78, 5) is 47.2. The van der Waals surface area contributed by atoms with Gasteiger partial charge in [-0.25, -0.2) is 4.79 Å². The first-order valence-electron chi connectivity index (χ1n) is 9.59. The van der Waals surface area contributed by atoms with E-state index in [2.05, 4.69) is 5.10 Å². The lowest BCUT2D eigenvalue weighted by Gasteiger charge is -2.14. The van der Waals surface area contributed by atoms with Crippen molar-refractivity contribution in [2.75, 3.05) is 7.11 Å². The molecule has 162 valence electrons. The number of fused-ring (bicyclic) bond motifs is 5. The quantitative estimate of drug-likeness (QED) is 0.226. The highest BCUT2D eigenvalue weighted by Crippen LogP contribution is 2.52. The molecule has 3 aliphatic rings. The standard InChI is InChI=1S/C20H19N3O8/c1-9(20(26)27)31-17-13(23(28)29)5-10(6-14(17)30-2)8-21-22-18(24)15-11-3-4-12(7-11)16(15)19(22)25/h3-6,8-9,11-12,15-16H,7H2,1-2H3,(H,26,27)/t9-,11+,12+,15-,16+/m1/s1. The Bertz CT molecular complexity index is 1020. The summed E-state index contributed by atoms with van der Waals surface area (Å²) in [5, 5.41) is 25.4. The van der Waals surface area contributed by atoms with Crippen molar-refractivity contribution in [3.05, 3.63) is 40.0 Å². The van der Waals surface area contributed by atoms with Crippen LogP contribution < -0.4 is 9.47 Å². The molecule has 11 heteroatoms. The summed E-state index contributed by atoms with van der Waals surface area (Å²) in [6.45, 7) is 1.23. The number of imide groups is 1. The highest BCUT2D eigenvalue weighted by atomic mass is 16.6. The Balaban J connectivity index is 1.63. The predicted octanol–water partition coefficient (Wildman–Crippen LogP) is 1.60. The number of aliphatic carboxylic acids is 1. The highest BCUT2D eigenvalue weighted by Gasteiger charge is 2.59. The van der Waals surface area contributed by atoms with E-state index in [-0.39, 0.29) is 40.7 Å². The smallest absolute Gasteiger partial charge is 0.344 e. The number of nitro benzene ring substituents is 1.